The first kappa shape index (κ1) is 19.5. The Hall–Kier alpha value is -3.27. The molecule has 3 rings (SSSR count). The number of methoxy groups -OCH3 is 1. The number of tetrazole rings is 1. The van der Waals surface area contributed by atoms with Crippen LogP contribution in [0.5, 0.6) is 0 Å². The number of hydrogen-bond acceptors (Lipinski definition) is 7. The molecule has 28 heavy (non-hydrogen) atoms. The Morgan fingerprint density at radius 3 is 2.75 bits per heavy atom. The average Bonchev–Trinajstić information content (AvgIpc) is 3.24. The van der Waals surface area contributed by atoms with Gasteiger partial charge in [-0.15, -0.1) is 16.9 Å². The van der Waals surface area contributed by atoms with Gasteiger partial charge in [-0.05, 0) is 47.7 Å². The van der Waals surface area contributed by atoms with Crippen molar-refractivity contribution in [3.8, 4) is 5.69 Å². The van der Waals surface area contributed by atoms with Crippen molar-refractivity contribution >= 4 is 29.3 Å². The number of aromatic nitrogens is 4. The monoisotopic (exact) mass is 401 g/mol. The van der Waals surface area contributed by atoms with Crippen LogP contribution in [0.25, 0.3) is 5.69 Å². The van der Waals surface area contributed by atoms with Gasteiger partial charge in [0, 0.05) is 4.90 Å². The van der Waals surface area contributed by atoms with Gasteiger partial charge in [0.05, 0.1) is 24.0 Å². The third kappa shape index (κ3) is 4.34. The minimum absolute atomic E-state index is 0.0150. The summed E-state index contributed by atoms with van der Waals surface area (Å²) in [5.41, 5.74) is 0.790. The average molecular weight is 401 g/mol. The minimum atomic E-state index is -0.599. The molecule has 0 aliphatic rings. The van der Waals surface area contributed by atoms with Crippen LogP contribution in [-0.4, -0.2) is 44.4 Å². The first-order chi connectivity index (χ1) is 13.5. The van der Waals surface area contributed by atoms with E-state index in [0.29, 0.717) is 16.1 Å². The van der Waals surface area contributed by atoms with E-state index in [2.05, 4.69) is 20.8 Å². The second-order valence-corrected chi connectivity index (χ2v) is 7.03. The van der Waals surface area contributed by atoms with Crippen molar-refractivity contribution in [3.05, 3.63) is 60.2 Å². The SMILES string of the molecule is COC(=O)C(C)Sc1ccccc1C(=O)Nc1cc(-n2cnnn2)ccc1F. The van der Waals surface area contributed by atoms with Crippen LogP contribution in [0.15, 0.2) is 53.7 Å². The zero-order valence-corrected chi connectivity index (χ0v) is 15.8. The van der Waals surface area contributed by atoms with Gasteiger partial charge in [-0.25, -0.2) is 9.07 Å². The second-order valence-electron chi connectivity index (χ2n) is 5.65. The van der Waals surface area contributed by atoms with Crippen LogP contribution in [0.1, 0.15) is 17.3 Å². The zero-order valence-electron chi connectivity index (χ0n) is 15.0. The highest BCUT2D eigenvalue weighted by Crippen LogP contribution is 2.28. The molecule has 8 nitrogen and oxygen atoms in total. The van der Waals surface area contributed by atoms with Crippen molar-refractivity contribution in [2.45, 2.75) is 17.1 Å². The van der Waals surface area contributed by atoms with Gasteiger partial charge in [-0.1, -0.05) is 12.1 Å². The van der Waals surface area contributed by atoms with E-state index in [9.17, 15) is 14.0 Å². The summed E-state index contributed by atoms with van der Waals surface area (Å²) in [7, 11) is 1.30. The van der Waals surface area contributed by atoms with E-state index in [1.807, 2.05) is 0 Å². The van der Waals surface area contributed by atoms with E-state index in [1.165, 1.54) is 48.1 Å². The van der Waals surface area contributed by atoms with Crippen LogP contribution < -0.4 is 5.32 Å². The molecule has 0 saturated carbocycles. The summed E-state index contributed by atoms with van der Waals surface area (Å²) in [6, 6.07) is 10.9. The Bertz CT molecular complexity index is 997. The Labute approximate surface area is 164 Å². The molecule has 2 aromatic carbocycles. The van der Waals surface area contributed by atoms with Crippen LogP contribution in [0.4, 0.5) is 10.1 Å². The fourth-order valence-corrected chi connectivity index (χ4v) is 3.40. The summed E-state index contributed by atoms with van der Waals surface area (Å²) in [6.07, 6.45) is 1.36. The Balaban J connectivity index is 1.84. The minimum Gasteiger partial charge on any atom is -0.468 e. The van der Waals surface area contributed by atoms with E-state index < -0.39 is 22.9 Å². The Morgan fingerprint density at radius 1 is 1.25 bits per heavy atom. The first-order valence-corrected chi connectivity index (χ1v) is 9.05. The summed E-state index contributed by atoms with van der Waals surface area (Å²) < 4.78 is 20.3. The number of nitrogens with zero attached hydrogens (tertiary/aromatic N) is 4. The number of anilines is 1. The van der Waals surface area contributed by atoms with E-state index in [1.54, 1.807) is 31.2 Å². The molecule has 0 aliphatic carbocycles. The van der Waals surface area contributed by atoms with Gasteiger partial charge in [0.15, 0.2) is 0 Å². The van der Waals surface area contributed by atoms with Crippen molar-refractivity contribution in [1.29, 1.82) is 0 Å². The van der Waals surface area contributed by atoms with Crippen molar-refractivity contribution in [2.24, 2.45) is 0 Å². The predicted molar refractivity (Wildman–Crippen MR) is 101 cm³/mol. The lowest BCUT2D eigenvalue weighted by Gasteiger charge is -2.13. The number of benzene rings is 2. The maximum absolute atomic E-state index is 14.2. The molecule has 0 radical (unpaired) electrons. The van der Waals surface area contributed by atoms with Crippen molar-refractivity contribution in [1.82, 2.24) is 20.2 Å². The number of ether oxygens (including phenoxy) is 1. The number of hydrogen-bond donors (Lipinski definition) is 1. The third-order valence-electron chi connectivity index (χ3n) is 3.78. The fraction of sp³-hybridized carbons (Fsp3) is 0.167. The molecule has 1 unspecified atom stereocenters. The van der Waals surface area contributed by atoms with Crippen LogP contribution in [-0.2, 0) is 9.53 Å². The van der Waals surface area contributed by atoms with E-state index in [0.717, 1.165) is 0 Å². The van der Waals surface area contributed by atoms with E-state index in [-0.39, 0.29) is 5.69 Å². The summed E-state index contributed by atoms with van der Waals surface area (Å²) in [6.45, 7) is 1.68. The number of carbonyl (C=O) groups is 2. The molecule has 1 heterocycles. The third-order valence-corrected chi connectivity index (χ3v) is 4.94. The Kier molecular flexibility index (Phi) is 5.99. The number of carbonyl (C=O) groups excluding carboxylic acids is 2. The van der Waals surface area contributed by atoms with Crippen molar-refractivity contribution in [2.75, 3.05) is 12.4 Å². The van der Waals surface area contributed by atoms with Crippen molar-refractivity contribution in [3.63, 3.8) is 0 Å². The molecule has 1 atom stereocenters. The molecule has 3 aromatic rings. The molecule has 0 fully saturated rings. The fourth-order valence-electron chi connectivity index (χ4n) is 2.38. The van der Waals surface area contributed by atoms with Gasteiger partial charge in [0.1, 0.15) is 17.4 Å². The molecular formula is C18H16FN5O3S. The number of amides is 1. The molecule has 1 N–H and O–H groups in total. The van der Waals surface area contributed by atoms with Crippen LogP contribution in [0, 0.1) is 5.82 Å². The lowest BCUT2D eigenvalue weighted by Crippen LogP contribution is -2.17. The highest BCUT2D eigenvalue weighted by molar-refractivity contribution is 8.00. The molecule has 10 heteroatoms. The molecule has 0 aliphatic heterocycles. The quantitative estimate of drug-likeness (QED) is 0.501. The number of rotatable bonds is 6. The number of thioether (sulfide) groups is 1. The number of esters is 1. The van der Waals surface area contributed by atoms with E-state index >= 15 is 0 Å². The standard InChI is InChI=1S/C18H16FN5O3S/c1-11(18(26)27-2)28-16-6-4-3-5-13(16)17(25)21-15-9-12(7-8-14(15)19)24-10-20-22-23-24/h3-11H,1-2H3,(H,21,25). The zero-order chi connectivity index (χ0) is 20.1. The highest BCUT2D eigenvalue weighted by atomic mass is 32.2. The van der Waals surface area contributed by atoms with Gasteiger partial charge in [-0.3, -0.25) is 9.59 Å². The topological polar surface area (TPSA) is 99.0 Å². The van der Waals surface area contributed by atoms with Crippen LogP contribution in [0.2, 0.25) is 0 Å². The number of halogens is 1. The van der Waals surface area contributed by atoms with Crippen LogP contribution >= 0.6 is 11.8 Å². The van der Waals surface area contributed by atoms with Gasteiger partial charge in [0.2, 0.25) is 0 Å². The highest BCUT2D eigenvalue weighted by Gasteiger charge is 2.20. The molecular weight excluding hydrogens is 385 g/mol. The van der Waals surface area contributed by atoms with Gasteiger partial charge < -0.3 is 10.1 Å². The Morgan fingerprint density at radius 2 is 2.04 bits per heavy atom. The predicted octanol–water partition coefficient (Wildman–Crippen LogP) is 2.71. The molecule has 0 spiro atoms. The maximum atomic E-state index is 14.2. The first-order valence-electron chi connectivity index (χ1n) is 8.17. The molecule has 1 amide bonds. The maximum Gasteiger partial charge on any atom is 0.318 e. The van der Waals surface area contributed by atoms with Gasteiger partial charge >= 0.3 is 5.97 Å². The van der Waals surface area contributed by atoms with E-state index in [4.69, 9.17) is 4.74 Å². The normalized spacial score (nSPS) is 11.7. The largest absolute Gasteiger partial charge is 0.468 e. The lowest BCUT2D eigenvalue weighted by molar-refractivity contribution is -0.139. The smallest absolute Gasteiger partial charge is 0.318 e. The number of nitrogens with one attached hydrogen (secondary N) is 1. The van der Waals surface area contributed by atoms with Gasteiger partial charge in [-0.2, -0.15) is 0 Å². The molecule has 1 aromatic heterocycles. The van der Waals surface area contributed by atoms with Crippen LogP contribution in [0.3, 0.4) is 0 Å². The molecule has 0 saturated heterocycles. The summed E-state index contributed by atoms with van der Waals surface area (Å²) >= 11 is 1.19. The molecule has 0 bridgehead atoms. The summed E-state index contributed by atoms with van der Waals surface area (Å²) in [5, 5.41) is 12.9. The lowest BCUT2D eigenvalue weighted by atomic mass is 10.2. The molecule has 144 valence electrons. The second kappa shape index (κ2) is 8.61. The summed E-state index contributed by atoms with van der Waals surface area (Å²) in [5.74, 6) is -1.51. The summed E-state index contributed by atoms with van der Waals surface area (Å²) in [4.78, 5) is 25.0. The van der Waals surface area contributed by atoms with Gasteiger partial charge in [0.25, 0.3) is 5.91 Å². The van der Waals surface area contributed by atoms with Crippen molar-refractivity contribution < 1.29 is 18.7 Å².